The Morgan fingerprint density at radius 1 is 1.40 bits per heavy atom. The van der Waals surface area contributed by atoms with Crippen LogP contribution in [0.4, 0.5) is 10.1 Å². The molecule has 112 valence electrons. The highest BCUT2D eigenvalue weighted by Gasteiger charge is 2.19. The Kier molecular flexibility index (Phi) is 5.95. The molecule has 20 heavy (non-hydrogen) atoms. The second-order valence-corrected chi connectivity index (χ2v) is 5.70. The Morgan fingerprint density at radius 2 is 2.05 bits per heavy atom. The first-order valence-electron chi connectivity index (χ1n) is 6.74. The number of hydrogen-bond donors (Lipinski definition) is 2. The predicted octanol–water partition coefficient (Wildman–Crippen LogP) is 2.91. The van der Waals surface area contributed by atoms with Crippen LogP contribution in [0.2, 0.25) is 0 Å². The van der Waals surface area contributed by atoms with Crippen molar-refractivity contribution in [2.24, 2.45) is 5.92 Å². The smallest absolute Gasteiger partial charge is 0.337 e. The molecule has 0 radical (unpaired) electrons. The highest BCUT2D eigenvalue weighted by atomic mass is 19.1. The maximum absolute atomic E-state index is 13.9. The van der Waals surface area contributed by atoms with Gasteiger partial charge in [-0.05, 0) is 38.6 Å². The molecule has 1 aromatic rings. The molecule has 1 aromatic carbocycles. The summed E-state index contributed by atoms with van der Waals surface area (Å²) in [7, 11) is 3.88. The number of nitrogens with one attached hydrogen (secondary N) is 1. The number of carboxylic acid groups (broad SMARTS) is 1. The van der Waals surface area contributed by atoms with Gasteiger partial charge in [-0.3, -0.25) is 0 Å². The molecule has 0 heterocycles. The first-order valence-corrected chi connectivity index (χ1v) is 6.74. The number of halogens is 1. The standard InChI is InChI=1S/C15H23FN2O2/c1-10(2)8-11(9-18(3)4)17-14-12(15(19)20)6-5-7-13(14)16/h5-7,10-11,17H,8-9H2,1-4H3,(H,19,20). The van der Waals surface area contributed by atoms with Gasteiger partial charge < -0.3 is 15.3 Å². The summed E-state index contributed by atoms with van der Waals surface area (Å²) in [6, 6.07) is 4.10. The molecule has 0 spiro atoms. The SMILES string of the molecule is CC(C)CC(CN(C)C)Nc1c(F)cccc1C(=O)O. The largest absolute Gasteiger partial charge is 0.478 e. The van der Waals surface area contributed by atoms with Crippen LogP contribution in [0.25, 0.3) is 0 Å². The lowest BCUT2D eigenvalue weighted by Gasteiger charge is -2.25. The van der Waals surface area contributed by atoms with Gasteiger partial charge in [0.1, 0.15) is 5.82 Å². The van der Waals surface area contributed by atoms with E-state index in [4.69, 9.17) is 5.11 Å². The van der Waals surface area contributed by atoms with Gasteiger partial charge in [0.2, 0.25) is 0 Å². The lowest BCUT2D eigenvalue weighted by atomic mass is 10.0. The normalized spacial score (nSPS) is 12.8. The number of nitrogens with zero attached hydrogens (tertiary/aromatic N) is 1. The zero-order valence-electron chi connectivity index (χ0n) is 12.5. The van der Waals surface area contributed by atoms with Crippen molar-refractivity contribution in [3.63, 3.8) is 0 Å². The van der Waals surface area contributed by atoms with E-state index in [0.717, 1.165) is 6.42 Å². The molecule has 0 aliphatic rings. The molecule has 0 aliphatic carbocycles. The Hall–Kier alpha value is -1.62. The number of rotatable bonds is 7. The van der Waals surface area contributed by atoms with Crippen LogP contribution in [0.15, 0.2) is 18.2 Å². The van der Waals surface area contributed by atoms with Crippen LogP contribution in [-0.4, -0.2) is 42.7 Å². The van der Waals surface area contributed by atoms with Gasteiger partial charge in [0.15, 0.2) is 0 Å². The maximum atomic E-state index is 13.9. The predicted molar refractivity (Wildman–Crippen MR) is 78.8 cm³/mol. The first-order chi connectivity index (χ1) is 9.31. The highest BCUT2D eigenvalue weighted by molar-refractivity contribution is 5.94. The van der Waals surface area contributed by atoms with E-state index < -0.39 is 11.8 Å². The fourth-order valence-corrected chi connectivity index (χ4v) is 2.24. The van der Waals surface area contributed by atoms with Crippen LogP contribution in [0.3, 0.4) is 0 Å². The van der Waals surface area contributed by atoms with Crippen LogP contribution >= 0.6 is 0 Å². The van der Waals surface area contributed by atoms with Crippen LogP contribution in [0.1, 0.15) is 30.6 Å². The van der Waals surface area contributed by atoms with Gasteiger partial charge >= 0.3 is 5.97 Å². The summed E-state index contributed by atoms with van der Waals surface area (Å²) in [5.74, 6) is -1.22. The molecule has 0 amide bonds. The number of carboxylic acids is 1. The molecular weight excluding hydrogens is 259 g/mol. The third-order valence-electron chi connectivity index (χ3n) is 2.93. The van der Waals surface area contributed by atoms with Gasteiger partial charge in [0.25, 0.3) is 0 Å². The van der Waals surface area contributed by atoms with Crippen molar-refractivity contribution >= 4 is 11.7 Å². The second kappa shape index (κ2) is 7.24. The monoisotopic (exact) mass is 282 g/mol. The van der Waals surface area contributed by atoms with Crippen molar-refractivity contribution < 1.29 is 14.3 Å². The van der Waals surface area contributed by atoms with Gasteiger partial charge in [-0.15, -0.1) is 0 Å². The Bertz CT molecular complexity index is 451. The molecule has 0 saturated heterocycles. The average Bonchev–Trinajstić information content (AvgIpc) is 2.29. The van der Waals surface area contributed by atoms with Gasteiger partial charge in [-0.25, -0.2) is 9.18 Å². The molecule has 0 fully saturated rings. The van der Waals surface area contributed by atoms with E-state index in [1.54, 1.807) is 0 Å². The third kappa shape index (κ3) is 4.81. The minimum Gasteiger partial charge on any atom is -0.478 e. The summed E-state index contributed by atoms with van der Waals surface area (Å²) in [4.78, 5) is 13.2. The molecule has 0 saturated carbocycles. The van der Waals surface area contributed by atoms with Crippen molar-refractivity contribution in [2.45, 2.75) is 26.3 Å². The molecule has 0 aliphatic heterocycles. The summed E-state index contributed by atoms with van der Waals surface area (Å²) >= 11 is 0. The van der Waals surface area contributed by atoms with Gasteiger partial charge in [0, 0.05) is 12.6 Å². The quantitative estimate of drug-likeness (QED) is 0.807. The van der Waals surface area contributed by atoms with E-state index in [1.165, 1.54) is 18.2 Å². The molecule has 0 aromatic heterocycles. The number of likely N-dealkylation sites (N-methyl/N-ethyl adjacent to an activating group) is 1. The van der Waals surface area contributed by atoms with Crippen molar-refractivity contribution in [1.29, 1.82) is 0 Å². The van der Waals surface area contributed by atoms with E-state index in [1.807, 2.05) is 19.0 Å². The second-order valence-electron chi connectivity index (χ2n) is 5.70. The molecule has 1 rings (SSSR count). The molecule has 5 heteroatoms. The number of benzene rings is 1. The minimum atomic E-state index is -1.12. The third-order valence-corrected chi connectivity index (χ3v) is 2.93. The summed E-state index contributed by atoms with van der Waals surface area (Å²) in [5.41, 5.74) is 0.0463. The number of para-hydroxylation sites is 1. The topological polar surface area (TPSA) is 52.6 Å². The van der Waals surface area contributed by atoms with Crippen molar-refractivity contribution in [1.82, 2.24) is 4.90 Å². The Labute approximate surface area is 119 Å². The van der Waals surface area contributed by atoms with E-state index in [0.29, 0.717) is 12.5 Å². The maximum Gasteiger partial charge on any atom is 0.337 e. The van der Waals surface area contributed by atoms with E-state index in [-0.39, 0.29) is 17.3 Å². The van der Waals surface area contributed by atoms with Crippen molar-refractivity contribution in [2.75, 3.05) is 26.0 Å². The number of carbonyl (C=O) groups is 1. The van der Waals surface area contributed by atoms with Crippen molar-refractivity contribution in [3.8, 4) is 0 Å². The fraction of sp³-hybridized carbons (Fsp3) is 0.533. The van der Waals surface area contributed by atoms with E-state index in [9.17, 15) is 9.18 Å². The lowest BCUT2D eigenvalue weighted by molar-refractivity contribution is 0.0697. The van der Waals surface area contributed by atoms with Gasteiger partial charge in [-0.2, -0.15) is 0 Å². The summed E-state index contributed by atoms with van der Waals surface area (Å²) < 4.78 is 13.9. The molecular formula is C15H23FN2O2. The summed E-state index contributed by atoms with van der Waals surface area (Å²) in [5, 5.41) is 12.2. The minimum absolute atomic E-state index is 0.000000000000000222. The molecule has 2 N–H and O–H groups in total. The number of anilines is 1. The van der Waals surface area contributed by atoms with E-state index >= 15 is 0 Å². The fourth-order valence-electron chi connectivity index (χ4n) is 2.24. The van der Waals surface area contributed by atoms with E-state index in [2.05, 4.69) is 19.2 Å². The summed E-state index contributed by atoms with van der Waals surface area (Å²) in [6.07, 6.45) is 0.839. The first kappa shape index (κ1) is 16.4. The van der Waals surface area contributed by atoms with Crippen molar-refractivity contribution in [3.05, 3.63) is 29.6 Å². The van der Waals surface area contributed by atoms with Gasteiger partial charge in [0.05, 0.1) is 11.3 Å². The summed E-state index contributed by atoms with van der Waals surface area (Å²) in [6.45, 7) is 4.89. The average molecular weight is 282 g/mol. The molecule has 1 unspecified atom stereocenters. The molecule has 4 nitrogen and oxygen atoms in total. The zero-order valence-corrected chi connectivity index (χ0v) is 12.5. The molecule has 1 atom stereocenters. The lowest BCUT2D eigenvalue weighted by Crippen LogP contribution is -2.34. The van der Waals surface area contributed by atoms with Gasteiger partial charge in [-0.1, -0.05) is 19.9 Å². The number of aromatic carboxylic acids is 1. The number of hydrogen-bond acceptors (Lipinski definition) is 3. The van der Waals surface area contributed by atoms with Crippen LogP contribution in [0.5, 0.6) is 0 Å². The zero-order chi connectivity index (χ0) is 15.3. The molecule has 0 bridgehead atoms. The Morgan fingerprint density at radius 3 is 2.55 bits per heavy atom. The highest BCUT2D eigenvalue weighted by Crippen LogP contribution is 2.22. The Balaban J connectivity index is 3.00. The van der Waals surface area contributed by atoms with Crippen LogP contribution in [-0.2, 0) is 0 Å². The van der Waals surface area contributed by atoms with Crippen LogP contribution in [0, 0.1) is 11.7 Å². The van der Waals surface area contributed by atoms with Crippen LogP contribution < -0.4 is 5.32 Å².